The van der Waals surface area contributed by atoms with Gasteiger partial charge in [-0.15, -0.1) is 12.4 Å². The first-order chi connectivity index (χ1) is 4.58. The summed E-state index contributed by atoms with van der Waals surface area (Å²) in [4.78, 5) is 21.4. The minimum atomic E-state index is -0.906. The van der Waals surface area contributed by atoms with Gasteiger partial charge in [-0.25, -0.2) is 4.79 Å². The molecule has 3 amide bonds. The van der Waals surface area contributed by atoms with Crippen LogP contribution in [0.5, 0.6) is 0 Å². The number of carbonyl (C=O) groups is 2. The molecule has 1 heterocycles. The zero-order valence-electron chi connectivity index (χ0n) is 6.01. The predicted octanol–water partition coefficient (Wildman–Crippen LogP) is -1.03. The average molecular weight is 180 g/mol. The van der Waals surface area contributed by atoms with Crippen LogP contribution in [0.1, 0.15) is 6.92 Å². The van der Waals surface area contributed by atoms with Gasteiger partial charge in [0.25, 0.3) is 5.91 Å². The summed E-state index contributed by atoms with van der Waals surface area (Å²) in [5.41, 5.74) is 4.34. The van der Waals surface area contributed by atoms with Crippen molar-refractivity contribution in [1.82, 2.24) is 10.6 Å². The molecule has 1 saturated heterocycles. The summed E-state index contributed by atoms with van der Waals surface area (Å²) in [6.07, 6.45) is 0. The lowest BCUT2D eigenvalue weighted by atomic mass is 10.0. The third kappa shape index (κ3) is 1.61. The zero-order chi connectivity index (χ0) is 7.78. The number of urea groups is 1. The van der Waals surface area contributed by atoms with Crippen LogP contribution in [0.2, 0.25) is 0 Å². The third-order valence-electron chi connectivity index (χ3n) is 1.53. The molecule has 4 N–H and O–H groups in total. The number of carbonyl (C=O) groups excluding carboxylic acids is 2. The second kappa shape index (κ2) is 3.06. The summed E-state index contributed by atoms with van der Waals surface area (Å²) in [5.74, 6) is -0.361. The van der Waals surface area contributed by atoms with Gasteiger partial charge in [0.05, 0.1) is 0 Å². The molecule has 1 aliphatic rings. The maximum atomic E-state index is 10.9. The Morgan fingerprint density at radius 3 is 2.27 bits per heavy atom. The standard InChI is InChI=1S/C5H9N3O2.ClH/c1-5(2-6)3(9)7-4(10)8-5;/h2,6H2,1H3,(H2,7,8,9,10);1H/t5-;/m0./s1. The van der Waals surface area contributed by atoms with Crippen LogP contribution < -0.4 is 16.4 Å². The topological polar surface area (TPSA) is 84.2 Å². The Balaban J connectivity index is 0.000001000. The highest BCUT2D eigenvalue weighted by molar-refractivity contribution is 6.06. The molecule has 64 valence electrons. The molecule has 0 aromatic rings. The SMILES string of the molecule is C[C@@]1(CN)NC(=O)NC1=O.Cl. The van der Waals surface area contributed by atoms with Crippen molar-refractivity contribution in [3.63, 3.8) is 0 Å². The number of nitrogens with one attached hydrogen (secondary N) is 2. The molecular formula is C5H10ClN3O2. The van der Waals surface area contributed by atoms with Crippen LogP contribution in [0.4, 0.5) is 4.79 Å². The third-order valence-corrected chi connectivity index (χ3v) is 1.53. The zero-order valence-corrected chi connectivity index (χ0v) is 6.83. The van der Waals surface area contributed by atoms with Gasteiger partial charge in [0, 0.05) is 6.54 Å². The lowest BCUT2D eigenvalue weighted by Gasteiger charge is -2.16. The van der Waals surface area contributed by atoms with E-state index in [4.69, 9.17) is 5.73 Å². The molecule has 0 spiro atoms. The highest BCUT2D eigenvalue weighted by atomic mass is 35.5. The molecule has 0 bridgehead atoms. The van der Waals surface area contributed by atoms with E-state index in [1.165, 1.54) is 0 Å². The molecular weight excluding hydrogens is 170 g/mol. The van der Waals surface area contributed by atoms with E-state index in [2.05, 4.69) is 10.6 Å². The van der Waals surface area contributed by atoms with Crippen LogP contribution in [0.15, 0.2) is 0 Å². The molecule has 0 aromatic carbocycles. The van der Waals surface area contributed by atoms with Crippen molar-refractivity contribution in [2.45, 2.75) is 12.5 Å². The maximum absolute atomic E-state index is 10.9. The quantitative estimate of drug-likeness (QED) is 0.450. The van der Waals surface area contributed by atoms with Crippen molar-refractivity contribution in [2.75, 3.05) is 6.54 Å². The Bertz CT molecular complexity index is 196. The van der Waals surface area contributed by atoms with Gasteiger partial charge in [-0.05, 0) is 6.92 Å². The molecule has 0 saturated carbocycles. The summed E-state index contributed by atoms with van der Waals surface area (Å²) in [6, 6.07) is -0.474. The van der Waals surface area contributed by atoms with E-state index in [9.17, 15) is 9.59 Å². The highest BCUT2D eigenvalue weighted by Gasteiger charge is 2.40. The largest absolute Gasteiger partial charge is 0.328 e. The van der Waals surface area contributed by atoms with Gasteiger partial charge in [0.15, 0.2) is 0 Å². The van der Waals surface area contributed by atoms with Crippen LogP contribution in [0, 0.1) is 0 Å². The van der Waals surface area contributed by atoms with Crippen LogP contribution in [-0.4, -0.2) is 24.0 Å². The van der Waals surface area contributed by atoms with E-state index >= 15 is 0 Å². The van der Waals surface area contributed by atoms with Crippen LogP contribution in [0.25, 0.3) is 0 Å². The van der Waals surface area contributed by atoms with Gasteiger partial charge in [0.1, 0.15) is 5.54 Å². The van der Waals surface area contributed by atoms with Crippen molar-refractivity contribution >= 4 is 24.3 Å². The van der Waals surface area contributed by atoms with Crippen molar-refractivity contribution in [2.24, 2.45) is 5.73 Å². The van der Waals surface area contributed by atoms with Gasteiger partial charge in [-0.3, -0.25) is 10.1 Å². The minimum absolute atomic E-state index is 0. The van der Waals surface area contributed by atoms with Crippen LogP contribution in [-0.2, 0) is 4.79 Å². The monoisotopic (exact) mass is 179 g/mol. The molecule has 11 heavy (non-hydrogen) atoms. The minimum Gasteiger partial charge on any atom is -0.328 e. The number of halogens is 1. The molecule has 0 aliphatic carbocycles. The molecule has 1 fully saturated rings. The highest BCUT2D eigenvalue weighted by Crippen LogP contribution is 2.05. The maximum Gasteiger partial charge on any atom is 0.322 e. The van der Waals surface area contributed by atoms with E-state index in [0.29, 0.717) is 0 Å². The van der Waals surface area contributed by atoms with Crippen molar-refractivity contribution in [3.8, 4) is 0 Å². The normalized spacial score (nSPS) is 28.9. The van der Waals surface area contributed by atoms with Gasteiger partial charge in [-0.2, -0.15) is 0 Å². The van der Waals surface area contributed by atoms with E-state index in [-0.39, 0.29) is 24.9 Å². The Morgan fingerprint density at radius 2 is 2.09 bits per heavy atom. The number of imide groups is 1. The number of hydrogen-bond donors (Lipinski definition) is 3. The first-order valence-electron chi connectivity index (χ1n) is 2.92. The number of nitrogens with two attached hydrogens (primary N) is 1. The fourth-order valence-corrected chi connectivity index (χ4v) is 0.723. The van der Waals surface area contributed by atoms with Crippen molar-refractivity contribution in [3.05, 3.63) is 0 Å². The van der Waals surface area contributed by atoms with Gasteiger partial charge < -0.3 is 11.1 Å². The van der Waals surface area contributed by atoms with Crippen LogP contribution in [0.3, 0.4) is 0 Å². The number of hydrogen-bond acceptors (Lipinski definition) is 3. The molecule has 1 aliphatic heterocycles. The molecule has 1 rings (SSSR count). The molecule has 1 atom stereocenters. The fraction of sp³-hybridized carbons (Fsp3) is 0.600. The summed E-state index contributed by atoms with van der Waals surface area (Å²) in [5, 5.41) is 4.49. The smallest absolute Gasteiger partial charge is 0.322 e. The van der Waals surface area contributed by atoms with Crippen molar-refractivity contribution < 1.29 is 9.59 Å². The van der Waals surface area contributed by atoms with E-state index < -0.39 is 11.6 Å². The molecule has 5 nitrogen and oxygen atoms in total. The molecule has 0 radical (unpaired) electrons. The molecule has 6 heteroatoms. The summed E-state index contributed by atoms with van der Waals surface area (Å²) >= 11 is 0. The Kier molecular flexibility index (Phi) is 2.84. The summed E-state index contributed by atoms with van der Waals surface area (Å²) in [7, 11) is 0. The predicted molar refractivity (Wildman–Crippen MR) is 41.4 cm³/mol. The second-order valence-corrected chi connectivity index (χ2v) is 2.44. The lowest BCUT2D eigenvalue weighted by molar-refractivity contribution is -0.123. The first kappa shape index (κ1) is 10.2. The average Bonchev–Trinajstić information content (AvgIpc) is 2.09. The first-order valence-corrected chi connectivity index (χ1v) is 2.92. The molecule has 0 unspecified atom stereocenters. The molecule has 0 aromatic heterocycles. The number of amides is 3. The van der Waals surface area contributed by atoms with Gasteiger partial charge >= 0.3 is 6.03 Å². The Morgan fingerprint density at radius 1 is 1.55 bits per heavy atom. The second-order valence-electron chi connectivity index (χ2n) is 2.44. The van der Waals surface area contributed by atoms with E-state index in [1.54, 1.807) is 6.92 Å². The number of rotatable bonds is 1. The van der Waals surface area contributed by atoms with Crippen LogP contribution >= 0.6 is 12.4 Å². The van der Waals surface area contributed by atoms with E-state index in [0.717, 1.165) is 0 Å². The van der Waals surface area contributed by atoms with Crippen molar-refractivity contribution in [1.29, 1.82) is 0 Å². The fourth-order valence-electron chi connectivity index (χ4n) is 0.723. The van der Waals surface area contributed by atoms with Gasteiger partial charge in [-0.1, -0.05) is 0 Å². The lowest BCUT2D eigenvalue weighted by Crippen LogP contribution is -2.49. The Labute approximate surface area is 70.1 Å². The van der Waals surface area contributed by atoms with Gasteiger partial charge in [0.2, 0.25) is 0 Å². The van der Waals surface area contributed by atoms with E-state index in [1.807, 2.05) is 0 Å². The summed E-state index contributed by atoms with van der Waals surface area (Å²) < 4.78 is 0. The Hall–Kier alpha value is -0.810. The summed E-state index contributed by atoms with van der Waals surface area (Å²) in [6.45, 7) is 1.69.